The molecule has 21 heavy (non-hydrogen) atoms. The minimum absolute atomic E-state index is 0.157. The van der Waals surface area contributed by atoms with Gasteiger partial charge in [0.2, 0.25) is 0 Å². The number of carbonyl (C=O) groups excluding carboxylic acids is 1. The molecule has 0 unspecified atom stereocenters. The molecular formula is C16H22N2O3. The molecule has 2 fully saturated rings. The van der Waals surface area contributed by atoms with Crippen LogP contribution in [-0.4, -0.2) is 47.9 Å². The highest BCUT2D eigenvalue weighted by Gasteiger charge is 2.32. The number of hydrogen-bond acceptors (Lipinski definition) is 4. The number of aryl methyl sites for hydroxylation is 1. The average Bonchev–Trinajstić information content (AvgIpc) is 2.96. The summed E-state index contributed by atoms with van der Waals surface area (Å²) in [4.78, 5) is 28.3. The van der Waals surface area contributed by atoms with E-state index in [1.165, 1.54) is 31.4 Å². The van der Waals surface area contributed by atoms with E-state index < -0.39 is 0 Å². The van der Waals surface area contributed by atoms with E-state index in [1.54, 1.807) is 6.92 Å². The molecule has 3 rings (SSSR count). The molecule has 0 bridgehead atoms. The fourth-order valence-corrected chi connectivity index (χ4v) is 3.37. The Morgan fingerprint density at radius 1 is 1.19 bits per heavy atom. The van der Waals surface area contributed by atoms with Crippen LogP contribution in [0.5, 0.6) is 0 Å². The topological polar surface area (TPSA) is 53.8 Å². The van der Waals surface area contributed by atoms with Gasteiger partial charge in [0.1, 0.15) is 5.76 Å². The summed E-state index contributed by atoms with van der Waals surface area (Å²) in [7, 11) is 0. The lowest BCUT2D eigenvalue weighted by atomic mass is 10.1. The summed E-state index contributed by atoms with van der Waals surface area (Å²) in [6.45, 7) is 5.48. The van der Waals surface area contributed by atoms with E-state index in [4.69, 9.17) is 4.42 Å². The van der Waals surface area contributed by atoms with Crippen LogP contribution in [0.3, 0.4) is 0 Å². The van der Waals surface area contributed by atoms with E-state index >= 15 is 0 Å². The van der Waals surface area contributed by atoms with Crippen LogP contribution in [0.1, 0.15) is 42.0 Å². The van der Waals surface area contributed by atoms with Crippen LogP contribution < -0.4 is 5.43 Å². The van der Waals surface area contributed by atoms with Crippen molar-refractivity contribution in [2.24, 2.45) is 0 Å². The molecule has 0 radical (unpaired) electrons. The van der Waals surface area contributed by atoms with Crippen LogP contribution in [0.4, 0.5) is 0 Å². The first-order chi connectivity index (χ1) is 10.1. The first-order valence-corrected chi connectivity index (χ1v) is 7.78. The molecule has 3 heterocycles. The highest BCUT2D eigenvalue weighted by molar-refractivity contribution is 5.91. The maximum absolute atomic E-state index is 12.5. The number of hydrogen-bond donors (Lipinski definition) is 0. The predicted octanol–water partition coefficient (Wildman–Crippen LogP) is 1.65. The molecule has 0 spiro atoms. The van der Waals surface area contributed by atoms with E-state index in [1.807, 2.05) is 4.90 Å². The Balaban J connectivity index is 1.67. The van der Waals surface area contributed by atoms with Gasteiger partial charge >= 0.3 is 0 Å². The maximum Gasteiger partial charge on any atom is 0.289 e. The van der Waals surface area contributed by atoms with Gasteiger partial charge in [-0.3, -0.25) is 14.5 Å². The molecule has 2 aliphatic heterocycles. The number of likely N-dealkylation sites (tertiary alicyclic amines) is 2. The molecule has 1 aromatic heterocycles. The molecule has 0 aliphatic carbocycles. The standard InChI is InChI=1S/C16H22N2O3/c1-12-9-14(19)10-15(21-12)16(20)18-8-5-13(11-18)17-6-3-2-4-7-17/h9-10,13H,2-8,11H2,1H3/t13-/m1/s1. The maximum atomic E-state index is 12.5. The van der Waals surface area contributed by atoms with Crippen molar-refractivity contribution < 1.29 is 9.21 Å². The van der Waals surface area contributed by atoms with Crippen LogP contribution in [0.2, 0.25) is 0 Å². The number of nitrogens with zero attached hydrogens (tertiary/aromatic N) is 2. The van der Waals surface area contributed by atoms with Gasteiger partial charge < -0.3 is 9.32 Å². The van der Waals surface area contributed by atoms with Crippen molar-refractivity contribution in [1.82, 2.24) is 9.80 Å². The summed E-state index contributed by atoms with van der Waals surface area (Å²) in [5.74, 6) is 0.493. The molecular weight excluding hydrogens is 268 g/mol. The zero-order valence-electron chi connectivity index (χ0n) is 12.5. The number of amides is 1. The fourth-order valence-electron chi connectivity index (χ4n) is 3.37. The van der Waals surface area contributed by atoms with E-state index in [-0.39, 0.29) is 17.1 Å². The van der Waals surface area contributed by atoms with Crippen molar-refractivity contribution in [3.63, 3.8) is 0 Å². The minimum atomic E-state index is -0.172. The third-order valence-electron chi connectivity index (χ3n) is 4.46. The number of carbonyl (C=O) groups is 1. The van der Waals surface area contributed by atoms with Gasteiger partial charge in [0.15, 0.2) is 11.2 Å². The monoisotopic (exact) mass is 290 g/mol. The van der Waals surface area contributed by atoms with Gasteiger partial charge in [-0.25, -0.2) is 0 Å². The van der Waals surface area contributed by atoms with Crippen LogP contribution >= 0.6 is 0 Å². The summed E-state index contributed by atoms with van der Waals surface area (Å²) >= 11 is 0. The van der Waals surface area contributed by atoms with Crippen LogP contribution in [0.25, 0.3) is 0 Å². The van der Waals surface area contributed by atoms with Crippen molar-refractivity contribution in [2.45, 2.75) is 38.6 Å². The first kappa shape index (κ1) is 14.3. The van der Waals surface area contributed by atoms with Gasteiger partial charge in [0.25, 0.3) is 5.91 Å². The van der Waals surface area contributed by atoms with Crippen LogP contribution in [0.15, 0.2) is 21.3 Å². The van der Waals surface area contributed by atoms with Crippen molar-refractivity contribution in [3.05, 3.63) is 33.9 Å². The second-order valence-corrected chi connectivity index (χ2v) is 6.06. The highest BCUT2D eigenvalue weighted by Crippen LogP contribution is 2.21. The molecule has 1 aromatic rings. The molecule has 2 aliphatic rings. The van der Waals surface area contributed by atoms with Crippen molar-refractivity contribution in [2.75, 3.05) is 26.2 Å². The Morgan fingerprint density at radius 3 is 2.67 bits per heavy atom. The lowest BCUT2D eigenvalue weighted by Gasteiger charge is -2.32. The van der Waals surface area contributed by atoms with E-state index in [0.717, 1.165) is 32.6 Å². The van der Waals surface area contributed by atoms with Gasteiger partial charge in [0.05, 0.1) is 0 Å². The van der Waals surface area contributed by atoms with Gasteiger partial charge in [-0.2, -0.15) is 0 Å². The summed E-state index contributed by atoms with van der Waals surface area (Å²) in [6.07, 6.45) is 4.86. The molecule has 0 aromatic carbocycles. The smallest absolute Gasteiger partial charge is 0.289 e. The Labute approximate surface area is 124 Å². The molecule has 0 N–H and O–H groups in total. The second-order valence-electron chi connectivity index (χ2n) is 6.06. The summed E-state index contributed by atoms with van der Waals surface area (Å²) in [6, 6.07) is 3.16. The van der Waals surface area contributed by atoms with Crippen molar-refractivity contribution in [1.29, 1.82) is 0 Å². The summed E-state index contributed by atoms with van der Waals surface area (Å²) < 4.78 is 5.41. The SMILES string of the molecule is Cc1cc(=O)cc(C(=O)N2CC[C@@H](N3CCCCC3)C2)o1. The third kappa shape index (κ3) is 3.18. The van der Waals surface area contributed by atoms with Crippen molar-refractivity contribution in [3.8, 4) is 0 Å². The zero-order valence-corrected chi connectivity index (χ0v) is 12.5. The lowest BCUT2D eigenvalue weighted by Crippen LogP contribution is -2.41. The minimum Gasteiger partial charge on any atom is -0.456 e. The average molecular weight is 290 g/mol. The largest absolute Gasteiger partial charge is 0.456 e. The van der Waals surface area contributed by atoms with E-state index in [2.05, 4.69) is 4.90 Å². The molecule has 0 saturated carbocycles. The molecule has 1 atom stereocenters. The lowest BCUT2D eigenvalue weighted by molar-refractivity contribution is 0.0736. The number of rotatable bonds is 2. The first-order valence-electron chi connectivity index (χ1n) is 7.78. The molecule has 1 amide bonds. The molecule has 114 valence electrons. The fraction of sp³-hybridized carbons (Fsp3) is 0.625. The second kappa shape index (κ2) is 6.02. The normalized spacial score (nSPS) is 23.5. The summed E-state index contributed by atoms with van der Waals surface area (Å²) in [5.41, 5.74) is -0.172. The highest BCUT2D eigenvalue weighted by atomic mass is 16.3. The third-order valence-corrected chi connectivity index (χ3v) is 4.46. The van der Waals surface area contributed by atoms with Gasteiger partial charge in [-0.05, 0) is 39.3 Å². The Hall–Kier alpha value is -1.62. The van der Waals surface area contributed by atoms with E-state index in [0.29, 0.717) is 11.8 Å². The Bertz CT molecular complexity index is 575. The summed E-state index contributed by atoms with van der Waals surface area (Å²) in [5, 5.41) is 0. The molecule has 2 saturated heterocycles. The van der Waals surface area contributed by atoms with Crippen molar-refractivity contribution >= 4 is 5.91 Å². The Kier molecular flexibility index (Phi) is 4.10. The van der Waals surface area contributed by atoms with Gasteiger partial charge in [-0.15, -0.1) is 0 Å². The van der Waals surface area contributed by atoms with Gasteiger partial charge in [0, 0.05) is 31.3 Å². The quantitative estimate of drug-likeness (QED) is 0.831. The zero-order chi connectivity index (χ0) is 14.8. The molecule has 5 heteroatoms. The molecule has 5 nitrogen and oxygen atoms in total. The van der Waals surface area contributed by atoms with Gasteiger partial charge in [-0.1, -0.05) is 6.42 Å². The number of piperidine rings is 1. The van der Waals surface area contributed by atoms with Crippen LogP contribution in [-0.2, 0) is 0 Å². The predicted molar refractivity (Wildman–Crippen MR) is 79.4 cm³/mol. The van der Waals surface area contributed by atoms with E-state index in [9.17, 15) is 9.59 Å². The van der Waals surface area contributed by atoms with Crippen LogP contribution in [0, 0.1) is 6.92 Å². The Morgan fingerprint density at radius 2 is 1.95 bits per heavy atom.